The number of nitrogens with one attached hydrogen (secondary N) is 2. The van der Waals surface area contributed by atoms with Crippen LogP contribution < -0.4 is 15.4 Å². The molecule has 3 rings (SSSR count). The van der Waals surface area contributed by atoms with Crippen molar-refractivity contribution in [2.75, 3.05) is 17.7 Å². The fourth-order valence-electron chi connectivity index (χ4n) is 2.13. The van der Waals surface area contributed by atoms with Gasteiger partial charge >= 0.3 is 0 Å². The molecule has 1 heterocycles. The molecule has 1 aromatic heterocycles. The molecule has 0 amide bonds. The Bertz CT molecular complexity index is 860. The Morgan fingerprint density at radius 1 is 1.16 bits per heavy atom. The number of halogens is 2. The van der Waals surface area contributed by atoms with E-state index in [0.29, 0.717) is 34.8 Å². The Kier molecular flexibility index (Phi) is 5.25. The molecule has 128 valence electrons. The molecule has 0 aliphatic heterocycles. The molecule has 0 fully saturated rings. The van der Waals surface area contributed by atoms with Gasteiger partial charge in [-0.3, -0.25) is 0 Å². The zero-order valence-electron chi connectivity index (χ0n) is 13.3. The van der Waals surface area contributed by atoms with Crippen LogP contribution in [0.4, 0.5) is 21.8 Å². The molecule has 6 nitrogen and oxygen atoms in total. The maximum Gasteiger partial charge on any atom is 0.249 e. The van der Waals surface area contributed by atoms with Gasteiger partial charge in [0.25, 0.3) is 0 Å². The number of anilines is 3. The van der Waals surface area contributed by atoms with Crippen molar-refractivity contribution in [3.05, 3.63) is 65.1 Å². The summed E-state index contributed by atoms with van der Waals surface area (Å²) in [6, 6.07) is 11.4. The first-order valence-electron chi connectivity index (χ1n) is 7.42. The second-order valence-corrected chi connectivity index (χ2v) is 5.55. The van der Waals surface area contributed by atoms with Crippen LogP contribution in [0.15, 0.2) is 48.7 Å². The summed E-state index contributed by atoms with van der Waals surface area (Å²) >= 11 is 6.01. The summed E-state index contributed by atoms with van der Waals surface area (Å²) in [5.74, 6) is 1.17. The molecule has 0 saturated heterocycles. The summed E-state index contributed by atoms with van der Waals surface area (Å²) in [6.07, 6.45) is 1.50. The van der Waals surface area contributed by atoms with Gasteiger partial charge in [-0.05, 0) is 35.9 Å². The van der Waals surface area contributed by atoms with Crippen molar-refractivity contribution < 1.29 is 9.13 Å². The van der Waals surface area contributed by atoms with Crippen LogP contribution in [0.3, 0.4) is 0 Å². The molecule has 0 bridgehead atoms. The van der Waals surface area contributed by atoms with E-state index in [1.807, 2.05) is 0 Å². The minimum atomic E-state index is -0.269. The first-order chi connectivity index (χ1) is 12.1. The van der Waals surface area contributed by atoms with E-state index in [0.717, 1.165) is 5.56 Å². The van der Waals surface area contributed by atoms with Crippen LogP contribution in [0.1, 0.15) is 5.56 Å². The lowest BCUT2D eigenvalue weighted by atomic mass is 10.2. The predicted octanol–water partition coefficient (Wildman–Crippen LogP) is 4.03. The smallest absolute Gasteiger partial charge is 0.249 e. The largest absolute Gasteiger partial charge is 0.495 e. The molecule has 0 saturated carbocycles. The number of nitrogens with zero attached hydrogens (tertiary/aromatic N) is 3. The first kappa shape index (κ1) is 16.9. The van der Waals surface area contributed by atoms with Crippen LogP contribution in [-0.4, -0.2) is 22.3 Å². The summed E-state index contributed by atoms with van der Waals surface area (Å²) < 4.78 is 18.2. The van der Waals surface area contributed by atoms with Crippen molar-refractivity contribution in [3.8, 4) is 5.75 Å². The van der Waals surface area contributed by atoms with Gasteiger partial charge in [0.15, 0.2) is 5.82 Å². The number of hydrogen-bond donors (Lipinski definition) is 2. The van der Waals surface area contributed by atoms with Crippen LogP contribution in [0, 0.1) is 5.82 Å². The molecule has 0 unspecified atom stereocenters. The van der Waals surface area contributed by atoms with E-state index >= 15 is 0 Å². The zero-order valence-corrected chi connectivity index (χ0v) is 14.1. The molecule has 0 aliphatic carbocycles. The highest BCUT2D eigenvalue weighted by atomic mass is 35.5. The van der Waals surface area contributed by atoms with Gasteiger partial charge in [-0.15, -0.1) is 5.10 Å². The zero-order chi connectivity index (χ0) is 17.6. The van der Waals surface area contributed by atoms with Gasteiger partial charge in [0, 0.05) is 11.6 Å². The molecule has 0 aliphatic rings. The standard InChI is InChI=1S/C17H15ClFN5O/c1-25-15-7-4-12(18)8-14(15)22-17-23-16(10-21-24-17)20-9-11-2-5-13(19)6-3-11/h2-8,10H,9H2,1H3,(H2,20,22,23,24). The summed E-state index contributed by atoms with van der Waals surface area (Å²) in [4.78, 5) is 4.34. The number of hydrogen-bond acceptors (Lipinski definition) is 6. The third-order valence-electron chi connectivity index (χ3n) is 3.35. The Hall–Kier alpha value is -2.93. The van der Waals surface area contributed by atoms with Crippen molar-refractivity contribution in [1.82, 2.24) is 15.2 Å². The molecule has 25 heavy (non-hydrogen) atoms. The van der Waals surface area contributed by atoms with E-state index in [2.05, 4.69) is 25.8 Å². The quantitative estimate of drug-likeness (QED) is 0.692. The van der Waals surface area contributed by atoms with Crippen molar-refractivity contribution in [2.45, 2.75) is 6.54 Å². The second kappa shape index (κ2) is 7.76. The maximum absolute atomic E-state index is 12.9. The number of aromatic nitrogens is 3. The Labute approximate surface area is 149 Å². The lowest BCUT2D eigenvalue weighted by molar-refractivity contribution is 0.417. The maximum atomic E-state index is 12.9. The van der Waals surface area contributed by atoms with E-state index in [1.54, 1.807) is 37.4 Å². The van der Waals surface area contributed by atoms with Crippen LogP contribution in [0.25, 0.3) is 0 Å². The number of benzene rings is 2. The van der Waals surface area contributed by atoms with Crippen LogP contribution in [0.2, 0.25) is 5.02 Å². The molecule has 8 heteroatoms. The van der Waals surface area contributed by atoms with Gasteiger partial charge in [0.05, 0.1) is 19.0 Å². The fourth-order valence-corrected chi connectivity index (χ4v) is 2.31. The summed E-state index contributed by atoms with van der Waals surface area (Å²) in [7, 11) is 1.56. The number of rotatable bonds is 6. The van der Waals surface area contributed by atoms with E-state index in [9.17, 15) is 4.39 Å². The summed E-state index contributed by atoms with van der Waals surface area (Å²) in [5.41, 5.74) is 1.55. The third-order valence-corrected chi connectivity index (χ3v) is 3.59. The molecule has 2 aromatic carbocycles. The molecular weight excluding hydrogens is 345 g/mol. The highest BCUT2D eigenvalue weighted by molar-refractivity contribution is 6.30. The highest BCUT2D eigenvalue weighted by Gasteiger charge is 2.07. The van der Waals surface area contributed by atoms with Crippen molar-refractivity contribution in [2.24, 2.45) is 0 Å². The van der Waals surface area contributed by atoms with Crippen molar-refractivity contribution >= 4 is 29.1 Å². The second-order valence-electron chi connectivity index (χ2n) is 5.11. The van der Waals surface area contributed by atoms with Gasteiger partial charge < -0.3 is 15.4 Å². The SMILES string of the molecule is COc1ccc(Cl)cc1Nc1nncc(NCc2ccc(F)cc2)n1. The molecular formula is C17H15ClFN5O. The van der Waals surface area contributed by atoms with Gasteiger partial charge in [0.2, 0.25) is 5.95 Å². The lowest BCUT2D eigenvalue weighted by Gasteiger charge is -2.11. The van der Waals surface area contributed by atoms with Crippen LogP contribution in [0.5, 0.6) is 5.75 Å². The third kappa shape index (κ3) is 4.54. The van der Waals surface area contributed by atoms with Crippen LogP contribution >= 0.6 is 11.6 Å². The summed E-state index contributed by atoms with van der Waals surface area (Å²) in [6.45, 7) is 0.485. The van der Waals surface area contributed by atoms with E-state index < -0.39 is 0 Å². The molecule has 0 radical (unpaired) electrons. The Morgan fingerprint density at radius 3 is 2.72 bits per heavy atom. The van der Waals surface area contributed by atoms with Gasteiger partial charge in [-0.25, -0.2) is 4.39 Å². The summed E-state index contributed by atoms with van der Waals surface area (Å²) in [5, 5.41) is 14.6. The predicted molar refractivity (Wildman–Crippen MR) is 94.8 cm³/mol. The Balaban J connectivity index is 1.71. The normalized spacial score (nSPS) is 10.4. The highest BCUT2D eigenvalue weighted by Crippen LogP contribution is 2.29. The topological polar surface area (TPSA) is 72.0 Å². The fraction of sp³-hybridized carbons (Fsp3) is 0.118. The minimum Gasteiger partial charge on any atom is -0.495 e. The van der Waals surface area contributed by atoms with E-state index in [4.69, 9.17) is 16.3 Å². The Morgan fingerprint density at radius 2 is 1.96 bits per heavy atom. The van der Waals surface area contributed by atoms with Gasteiger partial charge in [0.1, 0.15) is 11.6 Å². The molecule has 3 aromatic rings. The number of ether oxygens (including phenoxy) is 1. The van der Waals surface area contributed by atoms with Crippen LogP contribution in [-0.2, 0) is 6.54 Å². The van der Waals surface area contributed by atoms with Crippen molar-refractivity contribution in [1.29, 1.82) is 0 Å². The molecule has 0 atom stereocenters. The number of methoxy groups -OCH3 is 1. The van der Waals surface area contributed by atoms with E-state index in [1.165, 1.54) is 18.3 Å². The average molecular weight is 360 g/mol. The van der Waals surface area contributed by atoms with E-state index in [-0.39, 0.29) is 5.82 Å². The first-order valence-corrected chi connectivity index (χ1v) is 7.80. The van der Waals surface area contributed by atoms with Gasteiger partial charge in [-0.1, -0.05) is 23.7 Å². The average Bonchev–Trinajstić information content (AvgIpc) is 2.62. The molecule has 0 spiro atoms. The van der Waals surface area contributed by atoms with Gasteiger partial charge in [-0.2, -0.15) is 10.1 Å². The van der Waals surface area contributed by atoms with Crippen molar-refractivity contribution in [3.63, 3.8) is 0 Å². The molecule has 2 N–H and O–H groups in total. The lowest BCUT2D eigenvalue weighted by Crippen LogP contribution is -2.06. The minimum absolute atomic E-state index is 0.269. The monoisotopic (exact) mass is 359 g/mol.